The molecule has 3 aliphatic rings. The van der Waals surface area contributed by atoms with Crippen molar-refractivity contribution < 1.29 is 14.3 Å². The van der Waals surface area contributed by atoms with Crippen LogP contribution in [0.2, 0.25) is 0 Å². The number of rotatable bonds is 0. The number of hydrogen-bond donors (Lipinski definition) is 1. The summed E-state index contributed by atoms with van der Waals surface area (Å²) in [7, 11) is 0. The predicted molar refractivity (Wildman–Crippen MR) is 69.1 cm³/mol. The van der Waals surface area contributed by atoms with Crippen LogP contribution < -0.4 is 14.8 Å². The molecule has 0 saturated heterocycles. The van der Waals surface area contributed by atoms with Crippen LogP contribution in [0.25, 0.3) is 5.70 Å². The molecule has 2 amide bonds. The molecule has 0 aromatic heterocycles. The first kappa shape index (κ1) is 11.0. The van der Waals surface area contributed by atoms with Gasteiger partial charge in [-0.2, -0.15) is 0 Å². The second-order valence-corrected chi connectivity index (χ2v) is 5.13. The SMILES string of the molecule is O=C1NC(Cl)C=C2c3cc4cc(c3CCN12)OCO4. The van der Waals surface area contributed by atoms with E-state index in [2.05, 4.69) is 5.32 Å². The smallest absolute Gasteiger partial charge is 0.323 e. The highest BCUT2D eigenvalue weighted by atomic mass is 35.5. The highest BCUT2D eigenvalue weighted by molar-refractivity contribution is 6.23. The molecule has 98 valence electrons. The van der Waals surface area contributed by atoms with Crippen molar-refractivity contribution in [2.75, 3.05) is 13.3 Å². The Hall–Kier alpha value is -1.88. The third kappa shape index (κ3) is 1.58. The van der Waals surface area contributed by atoms with Gasteiger partial charge in [-0.25, -0.2) is 4.79 Å². The molecule has 1 N–H and O–H groups in total. The van der Waals surface area contributed by atoms with Gasteiger partial charge >= 0.3 is 6.03 Å². The average Bonchev–Trinajstić information content (AvgIpc) is 2.39. The van der Waals surface area contributed by atoms with Crippen LogP contribution in [0.15, 0.2) is 18.2 Å². The monoisotopic (exact) mass is 278 g/mol. The highest BCUT2D eigenvalue weighted by Crippen LogP contribution is 2.40. The van der Waals surface area contributed by atoms with Gasteiger partial charge in [0.05, 0.1) is 5.70 Å². The number of nitrogens with zero attached hydrogens (tertiary/aromatic N) is 1. The van der Waals surface area contributed by atoms with Gasteiger partial charge in [-0.1, -0.05) is 11.6 Å². The minimum atomic E-state index is -0.485. The molecule has 1 atom stereocenters. The molecule has 0 spiro atoms. The van der Waals surface area contributed by atoms with Gasteiger partial charge in [-0.05, 0) is 18.6 Å². The maximum Gasteiger partial charge on any atom is 0.323 e. The Morgan fingerprint density at radius 3 is 3.16 bits per heavy atom. The molecule has 19 heavy (non-hydrogen) atoms. The number of amides is 2. The zero-order chi connectivity index (χ0) is 13.0. The van der Waals surface area contributed by atoms with Crippen molar-refractivity contribution >= 4 is 23.3 Å². The molecule has 0 fully saturated rings. The Balaban J connectivity index is 1.91. The van der Waals surface area contributed by atoms with Gasteiger partial charge in [0.15, 0.2) is 0 Å². The first-order chi connectivity index (χ1) is 9.22. The van der Waals surface area contributed by atoms with Crippen molar-refractivity contribution in [3.8, 4) is 11.5 Å². The lowest BCUT2D eigenvalue weighted by Crippen LogP contribution is -2.48. The van der Waals surface area contributed by atoms with Gasteiger partial charge in [-0.15, -0.1) is 0 Å². The second kappa shape index (κ2) is 3.81. The number of carbonyl (C=O) groups excluding carboxylic acids is 1. The van der Waals surface area contributed by atoms with Crippen molar-refractivity contribution in [2.45, 2.75) is 11.9 Å². The Morgan fingerprint density at radius 1 is 1.37 bits per heavy atom. The largest absolute Gasteiger partial charge is 0.457 e. The molecular formula is C13H11ClN2O3. The van der Waals surface area contributed by atoms with Gasteiger partial charge in [0.25, 0.3) is 0 Å². The maximum atomic E-state index is 11.9. The summed E-state index contributed by atoms with van der Waals surface area (Å²) in [5, 5.41) is 2.68. The summed E-state index contributed by atoms with van der Waals surface area (Å²) >= 11 is 6.03. The molecule has 0 aliphatic carbocycles. The number of hydrogen-bond acceptors (Lipinski definition) is 3. The number of fused-ring (bicyclic) bond motifs is 6. The summed E-state index contributed by atoms with van der Waals surface area (Å²) in [6.07, 6.45) is 2.61. The van der Waals surface area contributed by atoms with Crippen molar-refractivity contribution in [2.24, 2.45) is 0 Å². The summed E-state index contributed by atoms with van der Waals surface area (Å²) in [6, 6.07) is 3.68. The van der Waals surface area contributed by atoms with E-state index in [1.807, 2.05) is 18.2 Å². The minimum absolute atomic E-state index is 0.158. The van der Waals surface area contributed by atoms with Crippen LogP contribution in [0.4, 0.5) is 4.79 Å². The fraction of sp³-hybridized carbons (Fsp3) is 0.308. The van der Waals surface area contributed by atoms with Gasteiger partial charge in [0.2, 0.25) is 6.79 Å². The maximum absolute atomic E-state index is 11.9. The molecule has 6 heteroatoms. The van der Waals surface area contributed by atoms with Crippen molar-refractivity contribution in [1.82, 2.24) is 10.2 Å². The van der Waals surface area contributed by atoms with Gasteiger partial charge in [0.1, 0.15) is 17.0 Å². The third-order valence-corrected chi connectivity index (χ3v) is 3.82. The summed E-state index contributed by atoms with van der Waals surface area (Å²) in [5.41, 5.74) is 2.44. The summed E-state index contributed by atoms with van der Waals surface area (Å²) in [5.74, 6) is 1.61. The zero-order valence-electron chi connectivity index (χ0n) is 9.98. The van der Waals surface area contributed by atoms with Crippen molar-refractivity contribution in [3.05, 3.63) is 29.3 Å². The number of benzene rings is 1. The molecule has 0 radical (unpaired) electrons. The van der Waals surface area contributed by atoms with Crippen LogP contribution >= 0.6 is 11.6 Å². The fourth-order valence-corrected chi connectivity index (χ4v) is 2.95. The zero-order valence-corrected chi connectivity index (χ0v) is 10.7. The fourth-order valence-electron chi connectivity index (χ4n) is 2.74. The van der Waals surface area contributed by atoms with E-state index >= 15 is 0 Å². The van der Waals surface area contributed by atoms with Crippen molar-refractivity contribution in [1.29, 1.82) is 0 Å². The van der Waals surface area contributed by atoms with E-state index in [0.717, 1.165) is 34.7 Å². The van der Waals surface area contributed by atoms with Crippen molar-refractivity contribution in [3.63, 3.8) is 0 Å². The molecule has 0 saturated carbocycles. The van der Waals surface area contributed by atoms with E-state index in [9.17, 15) is 4.79 Å². The molecule has 1 aromatic rings. The number of carbonyl (C=O) groups is 1. The number of halogens is 1. The van der Waals surface area contributed by atoms with Crippen LogP contribution in [0.1, 0.15) is 11.1 Å². The summed E-state index contributed by atoms with van der Waals surface area (Å²) < 4.78 is 10.9. The lowest BCUT2D eigenvalue weighted by Gasteiger charge is -2.37. The highest BCUT2D eigenvalue weighted by Gasteiger charge is 2.33. The Labute approximate surface area is 114 Å². The van der Waals surface area contributed by atoms with Crippen LogP contribution in [0.5, 0.6) is 11.5 Å². The molecule has 2 bridgehead atoms. The molecule has 1 aromatic carbocycles. The van der Waals surface area contributed by atoms with Crippen LogP contribution in [-0.2, 0) is 6.42 Å². The molecule has 5 nitrogen and oxygen atoms in total. The van der Waals surface area contributed by atoms with E-state index in [-0.39, 0.29) is 12.8 Å². The average molecular weight is 279 g/mol. The number of nitrogens with one attached hydrogen (secondary N) is 1. The van der Waals surface area contributed by atoms with E-state index in [4.69, 9.17) is 21.1 Å². The molecule has 4 rings (SSSR count). The third-order valence-electron chi connectivity index (χ3n) is 3.59. The Morgan fingerprint density at radius 2 is 2.26 bits per heavy atom. The topological polar surface area (TPSA) is 50.8 Å². The minimum Gasteiger partial charge on any atom is -0.457 e. The van der Waals surface area contributed by atoms with Crippen LogP contribution in [0, 0.1) is 0 Å². The lowest BCUT2D eigenvalue weighted by molar-refractivity contribution is 0.103. The number of urea groups is 1. The number of ether oxygens (including phenoxy) is 2. The van der Waals surface area contributed by atoms with Gasteiger partial charge < -0.3 is 14.8 Å². The Bertz CT molecular complexity index is 614. The number of alkyl halides is 1. The van der Waals surface area contributed by atoms with E-state index in [1.54, 1.807) is 4.90 Å². The van der Waals surface area contributed by atoms with Gasteiger partial charge in [0, 0.05) is 23.7 Å². The molecule has 3 aliphatic heterocycles. The quantitative estimate of drug-likeness (QED) is 0.582. The Kier molecular flexibility index (Phi) is 2.20. The first-order valence-corrected chi connectivity index (χ1v) is 6.53. The first-order valence-electron chi connectivity index (χ1n) is 6.09. The normalized spacial score (nSPS) is 23.4. The predicted octanol–water partition coefficient (Wildman–Crippen LogP) is 1.90. The van der Waals surface area contributed by atoms with E-state index in [1.165, 1.54) is 0 Å². The summed E-state index contributed by atoms with van der Waals surface area (Å²) in [6.45, 7) is 0.876. The van der Waals surface area contributed by atoms with Crippen LogP contribution in [0.3, 0.4) is 0 Å². The van der Waals surface area contributed by atoms with E-state index in [0.29, 0.717) is 6.54 Å². The van der Waals surface area contributed by atoms with E-state index < -0.39 is 5.50 Å². The standard InChI is InChI=1S/C13H11ClN2O3/c14-12-5-10-9-3-7-4-11(19-6-18-7)8(9)1-2-16(10)13(17)15-12/h3-5,12H,1-2,6H2,(H,15,17). The summed E-state index contributed by atoms with van der Waals surface area (Å²) in [4.78, 5) is 13.6. The molecule has 1 unspecified atom stereocenters. The molecule has 3 heterocycles. The van der Waals surface area contributed by atoms with Crippen LogP contribution in [-0.4, -0.2) is 29.8 Å². The molecular weight excluding hydrogens is 268 g/mol. The van der Waals surface area contributed by atoms with Gasteiger partial charge in [-0.3, -0.25) is 4.90 Å². The second-order valence-electron chi connectivity index (χ2n) is 4.66. The lowest BCUT2D eigenvalue weighted by atomic mass is 9.94.